The third-order valence-electron chi connectivity index (χ3n) is 3.53. The van der Waals surface area contributed by atoms with Crippen molar-refractivity contribution < 1.29 is 4.79 Å². The van der Waals surface area contributed by atoms with Crippen LogP contribution in [0.4, 0.5) is 5.69 Å². The first kappa shape index (κ1) is 14.6. The van der Waals surface area contributed by atoms with Gasteiger partial charge in [-0.1, -0.05) is 36.5 Å². The van der Waals surface area contributed by atoms with Crippen LogP contribution in [0.3, 0.4) is 0 Å². The van der Waals surface area contributed by atoms with Gasteiger partial charge in [0.15, 0.2) is 0 Å². The molecule has 1 aromatic carbocycles. The van der Waals surface area contributed by atoms with Crippen molar-refractivity contribution in [3.63, 3.8) is 0 Å². The minimum atomic E-state index is -0.458. The minimum Gasteiger partial charge on any atom is -0.323 e. The lowest BCUT2D eigenvalue weighted by Crippen LogP contribution is -2.50. The Labute approximate surface area is 123 Å². The topological polar surface area (TPSA) is 41.1 Å². The van der Waals surface area contributed by atoms with Crippen LogP contribution in [0.25, 0.3) is 0 Å². The van der Waals surface area contributed by atoms with Crippen LogP contribution in [0.1, 0.15) is 32.6 Å². The minimum absolute atomic E-state index is 0.0176. The van der Waals surface area contributed by atoms with Crippen LogP contribution in [-0.4, -0.2) is 18.0 Å². The molecule has 1 aliphatic rings. The Bertz CT molecular complexity index is 471. The van der Waals surface area contributed by atoms with Gasteiger partial charge in [0.1, 0.15) is 0 Å². The van der Waals surface area contributed by atoms with Crippen molar-refractivity contribution in [3.8, 4) is 0 Å². The van der Waals surface area contributed by atoms with E-state index in [-0.39, 0.29) is 5.91 Å². The molecular formula is C14H18Cl2N2O. The first-order valence-electron chi connectivity index (χ1n) is 6.59. The van der Waals surface area contributed by atoms with Crippen molar-refractivity contribution >= 4 is 34.8 Å². The summed E-state index contributed by atoms with van der Waals surface area (Å²) < 4.78 is 0. The molecular weight excluding hydrogens is 283 g/mol. The number of amides is 1. The van der Waals surface area contributed by atoms with Crippen LogP contribution in [0.2, 0.25) is 10.0 Å². The van der Waals surface area contributed by atoms with Crippen LogP contribution >= 0.6 is 23.2 Å². The molecule has 0 aromatic heterocycles. The summed E-state index contributed by atoms with van der Waals surface area (Å²) in [5, 5.41) is 7.30. The first-order chi connectivity index (χ1) is 9.07. The number of nitrogens with one attached hydrogen (secondary N) is 2. The van der Waals surface area contributed by atoms with E-state index >= 15 is 0 Å². The number of hydrogen-bond acceptors (Lipinski definition) is 2. The van der Waals surface area contributed by atoms with Gasteiger partial charge >= 0.3 is 0 Å². The maximum absolute atomic E-state index is 12.5. The number of carbonyl (C=O) groups excluding carboxylic acids is 1. The maximum atomic E-state index is 12.5. The van der Waals surface area contributed by atoms with Gasteiger partial charge in [0.05, 0.1) is 16.2 Å². The number of benzene rings is 1. The fraction of sp³-hybridized carbons (Fsp3) is 0.500. The highest BCUT2D eigenvalue weighted by Crippen LogP contribution is 2.30. The first-order valence-corrected chi connectivity index (χ1v) is 7.34. The molecule has 1 atom stereocenters. The maximum Gasteiger partial charge on any atom is 0.244 e. The number of hydrogen-bond donors (Lipinski definition) is 2. The third kappa shape index (κ3) is 3.22. The second kappa shape index (κ2) is 6.12. The largest absolute Gasteiger partial charge is 0.323 e. The molecule has 5 heteroatoms. The second-order valence-electron chi connectivity index (χ2n) is 4.94. The Hall–Kier alpha value is -0.770. The van der Waals surface area contributed by atoms with Gasteiger partial charge in [-0.3, -0.25) is 4.79 Å². The predicted molar refractivity (Wildman–Crippen MR) is 80.0 cm³/mol. The molecule has 1 amide bonds. The van der Waals surface area contributed by atoms with E-state index in [0.717, 1.165) is 32.2 Å². The Balaban J connectivity index is 2.17. The highest BCUT2D eigenvalue weighted by molar-refractivity contribution is 6.35. The molecule has 1 saturated heterocycles. The molecule has 2 rings (SSSR count). The van der Waals surface area contributed by atoms with E-state index in [1.54, 1.807) is 18.2 Å². The van der Waals surface area contributed by atoms with Crippen LogP contribution in [-0.2, 0) is 4.79 Å². The lowest BCUT2D eigenvalue weighted by molar-refractivity contribution is -0.122. The molecule has 0 bridgehead atoms. The summed E-state index contributed by atoms with van der Waals surface area (Å²) >= 11 is 12.0. The van der Waals surface area contributed by atoms with Gasteiger partial charge in [-0.25, -0.2) is 0 Å². The van der Waals surface area contributed by atoms with Gasteiger partial charge in [-0.15, -0.1) is 0 Å². The Morgan fingerprint density at radius 3 is 2.89 bits per heavy atom. The predicted octanol–water partition coefficient (Wildman–Crippen LogP) is 3.85. The van der Waals surface area contributed by atoms with Crippen molar-refractivity contribution in [2.75, 3.05) is 11.9 Å². The third-order valence-corrected chi connectivity index (χ3v) is 4.10. The quantitative estimate of drug-likeness (QED) is 0.886. The molecule has 0 spiro atoms. The Morgan fingerprint density at radius 1 is 1.47 bits per heavy atom. The second-order valence-corrected chi connectivity index (χ2v) is 5.78. The van der Waals surface area contributed by atoms with Crippen molar-refractivity contribution in [2.45, 2.75) is 38.1 Å². The highest BCUT2D eigenvalue weighted by Gasteiger charge is 2.40. The average Bonchev–Trinajstić information content (AvgIpc) is 2.84. The van der Waals surface area contributed by atoms with E-state index in [4.69, 9.17) is 23.2 Å². The zero-order valence-corrected chi connectivity index (χ0v) is 12.4. The van der Waals surface area contributed by atoms with Crippen LogP contribution < -0.4 is 10.6 Å². The molecule has 104 valence electrons. The summed E-state index contributed by atoms with van der Waals surface area (Å²) in [5.74, 6) is -0.0176. The van der Waals surface area contributed by atoms with Crippen LogP contribution in [0.5, 0.6) is 0 Å². The fourth-order valence-electron chi connectivity index (χ4n) is 2.59. The van der Waals surface area contributed by atoms with E-state index < -0.39 is 5.54 Å². The fourth-order valence-corrected chi connectivity index (χ4v) is 2.93. The number of carbonyl (C=O) groups is 1. The molecule has 1 aliphatic heterocycles. The number of rotatable bonds is 4. The summed E-state index contributed by atoms with van der Waals surface area (Å²) in [4.78, 5) is 12.5. The van der Waals surface area contributed by atoms with Crippen molar-refractivity contribution in [1.82, 2.24) is 5.32 Å². The number of halogens is 2. The summed E-state index contributed by atoms with van der Waals surface area (Å²) in [6.07, 6.45) is 3.68. The van der Waals surface area contributed by atoms with Gasteiger partial charge < -0.3 is 10.6 Å². The van der Waals surface area contributed by atoms with Crippen LogP contribution in [0.15, 0.2) is 18.2 Å². The van der Waals surface area contributed by atoms with Gasteiger partial charge in [-0.05, 0) is 44.0 Å². The van der Waals surface area contributed by atoms with Gasteiger partial charge in [0.25, 0.3) is 0 Å². The summed E-state index contributed by atoms with van der Waals surface area (Å²) in [7, 11) is 0. The SMILES string of the molecule is CCCC1(C(=O)Nc2cc(Cl)ccc2Cl)CCCN1. The zero-order valence-electron chi connectivity index (χ0n) is 10.9. The zero-order chi connectivity index (χ0) is 13.9. The molecule has 1 fully saturated rings. The standard InChI is InChI=1S/C14H18Cl2N2O/c1-2-6-14(7-3-8-17-14)13(19)18-12-9-10(15)4-5-11(12)16/h4-5,9,17H,2-3,6-8H2,1H3,(H,18,19). The van der Waals surface area contributed by atoms with Gasteiger partial charge in [0, 0.05) is 5.02 Å². The van der Waals surface area contributed by atoms with Crippen molar-refractivity contribution in [3.05, 3.63) is 28.2 Å². The van der Waals surface area contributed by atoms with E-state index in [9.17, 15) is 4.79 Å². The average molecular weight is 301 g/mol. The van der Waals surface area contributed by atoms with E-state index in [1.165, 1.54) is 0 Å². The van der Waals surface area contributed by atoms with E-state index in [1.807, 2.05) is 0 Å². The Kier molecular flexibility index (Phi) is 4.71. The van der Waals surface area contributed by atoms with E-state index in [2.05, 4.69) is 17.6 Å². The monoisotopic (exact) mass is 300 g/mol. The molecule has 0 aliphatic carbocycles. The summed E-state index contributed by atoms with van der Waals surface area (Å²) in [6.45, 7) is 2.97. The normalized spacial score (nSPS) is 22.5. The lowest BCUT2D eigenvalue weighted by atomic mass is 9.91. The van der Waals surface area contributed by atoms with Gasteiger partial charge in [0.2, 0.25) is 5.91 Å². The molecule has 19 heavy (non-hydrogen) atoms. The summed E-state index contributed by atoms with van der Waals surface area (Å²) in [6, 6.07) is 5.07. The molecule has 3 nitrogen and oxygen atoms in total. The molecule has 1 heterocycles. The van der Waals surface area contributed by atoms with Crippen LogP contribution in [0, 0.1) is 0 Å². The van der Waals surface area contributed by atoms with Gasteiger partial charge in [-0.2, -0.15) is 0 Å². The lowest BCUT2D eigenvalue weighted by Gasteiger charge is -2.28. The number of anilines is 1. The summed E-state index contributed by atoms with van der Waals surface area (Å²) in [5.41, 5.74) is 0.115. The molecule has 1 unspecified atom stereocenters. The molecule has 1 aromatic rings. The molecule has 0 radical (unpaired) electrons. The van der Waals surface area contributed by atoms with Crippen molar-refractivity contribution in [1.29, 1.82) is 0 Å². The molecule has 2 N–H and O–H groups in total. The van der Waals surface area contributed by atoms with E-state index in [0.29, 0.717) is 15.7 Å². The smallest absolute Gasteiger partial charge is 0.244 e. The van der Waals surface area contributed by atoms with Crippen molar-refractivity contribution in [2.24, 2.45) is 0 Å². The highest BCUT2D eigenvalue weighted by atomic mass is 35.5. The molecule has 0 saturated carbocycles. The Morgan fingerprint density at radius 2 is 2.26 bits per heavy atom.